The second-order valence-electron chi connectivity index (χ2n) is 9.04. The maximum absolute atomic E-state index is 13.3. The Kier molecular flexibility index (Phi) is 6.88. The molecule has 1 aromatic carbocycles. The van der Waals surface area contributed by atoms with E-state index in [1.165, 1.54) is 29.7 Å². The van der Waals surface area contributed by atoms with Gasteiger partial charge in [-0.25, -0.2) is 14.2 Å². The van der Waals surface area contributed by atoms with Crippen LogP contribution in [0.5, 0.6) is 0 Å². The predicted octanol–water partition coefficient (Wildman–Crippen LogP) is 3.98. The number of nitrogens with zero attached hydrogens (tertiary/aromatic N) is 5. The molecule has 7 nitrogen and oxygen atoms in total. The number of hydrogen-bond donors (Lipinski definition) is 0. The van der Waals surface area contributed by atoms with E-state index in [0.717, 1.165) is 68.3 Å². The SMILES string of the molecule is CCOC(=O)c1ccc(N2CCN(c3nnc(Cc4ccc(F)cc4)c4c3CCCC4)CC2)nc1. The summed E-state index contributed by atoms with van der Waals surface area (Å²) in [6, 6.07) is 10.3. The van der Waals surface area contributed by atoms with Crippen molar-refractivity contribution in [2.24, 2.45) is 0 Å². The van der Waals surface area contributed by atoms with Gasteiger partial charge in [0, 0.05) is 44.4 Å². The number of piperazine rings is 1. The van der Waals surface area contributed by atoms with Gasteiger partial charge in [-0.15, -0.1) is 5.10 Å². The number of esters is 1. The first kappa shape index (κ1) is 23.2. The summed E-state index contributed by atoms with van der Waals surface area (Å²) in [5, 5.41) is 9.34. The summed E-state index contributed by atoms with van der Waals surface area (Å²) >= 11 is 0. The summed E-state index contributed by atoms with van der Waals surface area (Å²) in [5.41, 5.74) is 5.19. The first-order valence-corrected chi connectivity index (χ1v) is 12.4. The van der Waals surface area contributed by atoms with Crippen LogP contribution in [0.25, 0.3) is 0 Å². The van der Waals surface area contributed by atoms with Gasteiger partial charge in [-0.3, -0.25) is 0 Å². The van der Waals surface area contributed by atoms with E-state index in [0.29, 0.717) is 18.6 Å². The average Bonchev–Trinajstić information content (AvgIpc) is 2.90. The number of fused-ring (bicyclic) bond motifs is 1. The van der Waals surface area contributed by atoms with E-state index in [4.69, 9.17) is 9.84 Å². The van der Waals surface area contributed by atoms with E-state index in [9.17, 15) is 9.18 Å². The van der Waals surface area contributed by atoms with Crippen LogP contribution in [-0.4, -0.2) is 53.9 Å². The van der Waals surface area contributed by atoms with E-state index in [2.05, 4.69) is 19.9 Å². The van der Waals surface area contributed by atoms with Crippen molar-refractivity contribution in [1.82, 2.24) is 15.2 Å². The molecule has 0 atom stereocenters. The molecule has 2 aliphatic rings. The summed E-state index contributed by atoms with van der Waals surface area (Å²) in [6.07, 6.45) is 6.63. The zero-order valence-electron chi connectivity index (χ0n) is 20.0. The molecule has 182 valence electrons. The highest BCUT2D eigenvalue weighted by atomic mass is 19.1. The quantitative estimate of drug-likeness (QED) is 0.500. The number of carbonyl (C=O) groups excluding carboxylic acids is 1. The zero-order chi connectivity index (χ0) is 24.2. The number of halogens is 1. The molecule has 5 rings (SSSR count). The number of ether oxygens (including phenoxy) is 1. The highest BCUT2D eigenvalue weighted by molar-refractivity contribution is 5.89. The number of hydrogen-bond acceptors (Lipinski definition) is 7. The second kappa shape index (κ2) is 10.4. The Morgan fingerprint density at radius 1 is 0.943 bits per heavy atom. The molecule has 0 spiro atoms. The van der Waals surface area contributed by atoms with Gasteiger partial charge < -0.3 is 14.5 Å². The highest BCUT2D eigenvalue weighted by Gasteiger charge is 2.26. The van der Waals surface area contributed by atoms with Gasteiger partial charge in [0.25, 0.3) is 0 Å². The summed E-state index contributed by atoms with van der Waals surface area (Å²) < 4.78 is 18.4. The highest BCUT2D eigenvalue weighted by Crippen LogP contribution is 2.32. The van der Waals surface area contributed by atoms with Gasteiger partial charge >= 0.3 is 5.97 Å². The van der Waals surface area contributed by atoms with E-state index in [1.807, 2.05) is 18.2 Å². The van der Waals surface area contributed by atoms with Crippen molar-refractivity contribution in [1.29, 1.82) is 0 Å². The Bertz CT molecular complexity index is 1180. The van der Waals surface area contributed by atoms with Crippen molar-refractivity contribution in [2.45, 2.75) is 39.0 Å². The molecular formula is C27H30FN5O2. The zero-order valence-corrected chi connectivity index (χ0v) is 20.0. The molecule has 0 bridgehead atoms. The van der Waals surface area contributed by atoms with Crippen LogP contribution in [0, 0.1) is 5.82 Å². The van der Waals surface area contributed by atoms with Crippen LogP contribution < -0.4 is 9.80 Å². The largest absolute Gasteiger partial charge is 0.462 e. The van der Waals surface area contributed by atoms with E-state index >= 15 is 0 Å². The third kappa shape index (κ3) is 5.11. The summed E-state index contributed by atoms with van der Waals surface area (Å²) in [7, 11) is 0. The van der Waals surface area contributed by atoms with Crippen molar-refractivity contribution in [3.05, 3.63) is 76.4 Å². The molecule has 0 amide bonds. The lowest BCUT2D eigenvalue weighted by Crippen LogP contribution is -2.47. The molecule has 3 heterocycles. The molecule has 3 aromatic rings. The van der Waals surface area contributed by atoms with Crippen molar-refractivity contribution < 1.29 is 13.9 Å². The molecule has 0 N–H and O–H groups in total. The Morgan fingerprint density at radius 2 is 1.66 bits per heavy atom. The van der Waals surface area contributed by atoms with Gasteiger partial charge in [-0.1, -0.05) is 12.1 Å². The molecule has 0 unspecified atom stereocenters. The fourth-order valence-corrected chi connectivity index (χ4v) is 4.95. The smallest absolute Gasteiger partial charge is 0.339 e. The lowest BCUT2D eigenvalue weighted by atomic mass is 9.89. The van der Waals surface area contributed by atoms with E-state index in [-0.39, 0.29) is 11.8 Å². The standard InChI is InChI=1S/C27H30FN5O2/c1-2-35-27(34)20-9-12-25(29-18-20)32-13-15-33(16-14-32)26-23-6-4-3-5-22(23)24(30-31-26)17-19-7-10-21(28)11-8-19/h7-12,18H,2-6,13-17H2,1H3. The monoisotopic (exact) mass is 475 g/mol. The number of pyridine rings is 1. The normalized spacial score (nSPS) is 15.6. The fraction of sp³-hybridized carbons (Fsp3) is 0.407. The summed E-state index contributed by atoms with van der Waals surface area (Å²) in [6.45, 7) is 5.45. The van der Waals surface area contributed by atoms with Gasteiger partial charge in [-0.2, -0.15) is 5.10 Å². The molecule has 0 radical (unpaired) electrons. The second-order valence-corrected chi connectivity index (χ2v) is 9.04. The molecule has 0 saturated carbocycles. The number of carbonyl (C=O) groups is 1. The van der Waals surface area contributed by atoms with Crippen LogP contribution in [0.3, 0.4) is 0 Å². The number of rotatable bonds is 6. The molecule has 8 heteroatoms. The molecule has 1 aliphatic heterocycles. The van der Waals surface area contributed by atoms with Gasteiger partial charge in [0.15, 0.2) is 5.82 Å². The van der Waals surface area contributed by atoms with Crippen LogP contribution in [0.15, 0.2) is 42.6 Å². The third-order valence-electron chi connectivity index (χ3n) is 6.80. The van der Waals surface area contributed by atoms with E-state index in [1.54, 1.807) is 19.2 Å². The minimum Gasteiger partial charge on any atom is -0.462 e. The van der Waals surface area contributed by atoms with Gasteiger partial charge in [0.2, 0.25) is 0 Å². The van der Waals surface area contributed by atoms with Crippen molar-refractivity contribution in [3.63, 3.8) is 0 Å². The maximum atomic E-state index is 13.3. The topological polar surface area (TPSA) is 71.5 Å². The van der Waals surface area contributed by atoms with Crippen LogP contribution in [0.2, 0.25) is 0 Å². The first-order chi connectivity index (χ1) is 17.1. The molecule has 1 saturated heterocycles. The molecule has 35 heavy (non-hydrogen) atoms. The van der Waals surface area contributed by atoms with Crippen LogP contribution in [-0.2, 0) is 24.0 Å². The van der Waals surface area contributed by atoms with Crippen molar-refractivity contribution in [3.8, 4) is 0 Å². The van der Waals surface area contributed by atoms with Gasteiger partial charge in [0.05, 0.1) is 17.9 Å². The Hall–Kier alpha value is -3.55. The minimum absolute atomic E-state index is 0.221. The first-order valence-electron chi connectivity index (χ1n) is 12.4. The lowest BCUT2D eigenvalue weighted by Gasteiger charge is -2.37. The predicted molar refractivity (Wildman–Crippen MR) is 132 cm³/mol. The third-order valence-corrected chi connectivity index (χ3v) is 6.80. The Balaban J connectivity index is 1.29. The van der Waals surface area contributed by atoms with Crippen molar-refractivity contribution >= 4 is 17.6 Å². The minimum atomic E-state index is -0.345. The summed E-state index contributed by atoms with van der Waals surface area (Å²) in [5.74, 6) is 1.30. The maximum Gasteiger partial charge on any atom is 0.339 e. The molecular weight excluding hydrogens is 445 g/mol. The van der Waals surface area contributed by atoms with Gasteiger partial charge in [-0.05, 0) is 68.0 Å². The average molecular weight is 476 g/mol. The number of aromatic nitrogens is 3. The van der Waals surface area contributed by atoms with Crippen LogP contribution in [0.1, 0.15) is 52.5 Å². The Morgan fingerprint density at radius 3 is 2.34 bits per heavy atom. The number of anilines is 2. The fourth-order valence-electron chi connectivity index (χ4n) is 4.95. The molecule has 1 fully saturated rings. The van der Waals surface area contributed by atoms with Crippen molar-refractivity contribution in [2.75, 3.05) is 42.6 Å². The molecule has 2 aromatic heterocycles. The van der Waals surface area contributed by atoms with E-state index < -0.39 is 0 Å². The van der Waals surface area contributed by atoms with Crippen LogP contribution in [0.4, 0.5) is 16.0 Å². The van der Waals surface area contributed by atoms with Crippen LogP contribution >= 0.6 is 0 Å². The summed E-state index contributed by atoms with van der Waals surface area (Å²) in [4.78, 5) is 20.9. The Labute approximate surface area is 205 Å². The van der Waals surface area contributed by atoms with Gasteiger partial charge in [0.1, 0.15) is 11.6 Å². The lowest BCUT2D eigenvalue weighted by molar-refractivity contribution is 0.0526. The molecule has 1 aliphatic carbocycles. The number of benzene rings is 1.